The number of benzene rings is 1. The summed E-state index contributed by atoms with van der Waals surface area (Å²) in [5.41, 5.74) is 7.68. The van der Waals surface area contributed by atoms with Crippen LogP contribution in [0.1, 0.15) is 15.9 Å². The van der Waals surface area contributed by atoms with Gasteiger partial charge >= 0.3 is 0 Å². The van der Waals surface area contributed by atoms with Gasteiger partial charge in [0.1, 0.15) is 5.15 Å². The Morgan fingerprint density at radius 2 is 2.16 bits per heavy atom. The van der Waals surface area contributed by atoms with E-state index in [0.29, 0.717) is 22.9 Å². The van der Waals surface area contributed by atoms with Crippen molar-refractivity contribution in [1.82, 2.24) is 4.98 Å². The first kappa shape index (κ1) is 14.0. The van der Waals surface area contributed by atoms with Crippen LogP contribution < -0.4 is 11.1 Å². The van der Waals surface area contributed by atoms with Gasteiger partial charge in [0, 0.05) is 22.9 Å². The van der Waals surface area contributed by atoms with Crippen molar-refractivity contribution in [3.8, 4) is 0 Å². The molecule has 1 aromatic heterocycles. The van der Waals surface area contributed by atoms with E-state index in [0.717, 1.165) is 10.0 Å². The first-order valence-electron chi connectivity index (χ1n) is 5.51. The molecule has 19 heavy (non-hydrogen) atoms. The molecule has 98 valence electrons. The highest BCUT2D eigenvalue weighted by molar-refractivity contribution is 9.10. The number of carbonyl (C=O) groups is 1. The quantitative estimate of drug-likeness (QED) is 0.843. The fourth-order valence-electron chi connectivity index (χ4n) is 1.50. The summed E-state index contributed by atoms with van der Waals surface area (Å²) in [7, 11) is 0. The zero-order valence-corrected chi connectivity index (χ0v) is 12.2. The lowest BCUT2D eigenvalue weighted by Crippen LogP contribution is -2.12. The molecule has 0 atom stereocenters. The van der Waals surface area contributed by atoms with Crippen LogP contribution >= 0.6 is 27.5 Å². The van der Waals surface area contributed by atoms with Gasteiger partial charge in [-0.3, -0.25) is 4.79 Å². The third-order valence-corrected chi connectivity index (χ3v) is 3.48. The van der Waals surface area contributed by atoms with Gasteiger partial charge in [-0.15, -0.1) is 0 Å². The van der Waals surface area contributed by atoms with E-state index in [4.69, 9.17) is 17.3 Å². The van der Waals surface area contributed by atoms with Crippen molar-refractivity contribution < 1.29 is 4.79 Å². The second kappa shape index (κ2) is 6.14. The molecule has 2 rings (SSSR count). The molecule has 0 unspecified atom stereocenters. The molecule has 0 radical (unpaired) electrons. The summed E-state index contributed by atoms with van der Waals surface area (Å²) >= 11 is 9.07. The fraction of sp³-hybridized carbons (Fsp3) is 0.0769. The third kappa shape index (κ3) is 3.53. The summed E-state index contributed by atoms with van der Waals surface area (Å²) in [6.07, 6.45) is 1.43. The monoisotopic (exact) mass is 339 g/mol. The zero-order chi connectivity index (χ0) is 13.8. The van der Waals surface area contributed by atoms with Crippen molar-refractivity contribution in [3.63, 3.8) is 0 Å². The van der Waals surface area contributed by atoms with Gasteiger partial charge in [-0.25, -0.2) is 4.98 Å². The minimum atomic E-state index is -0.239. The molecule has 3 N–H and O–H groups in total. The number of halogens is 2. The highest BCUT2D eigenvalue weighted by Crippen LogP contribution is 2.21. The molecular formula is C13H11BrClN3O. The predicted molar refractivity (Wildman–Crippen MR) is 79.2 cm³/mol. The van der Waals surface area contributed by atoms with Crippen molar-refractivity contribution in [2.24, 2.45) is 5.73 Å². The summed E-state index contributed by atoms with van der Waals surface area (Å²) < 4.78 is 0.863. The van der Waals surface area contributed by atoms with Crippen LogP contribution in [0.15, 0.2) is 41.0 Å². The lowest BCUT2D eigenvalue weighted by molar-refractivity contribution is 0.102. The molecule has 0 saturated carbocycles. The number of carbonyl (C=O) groups excluding carboxylic acids is 1. The van der Waals surface area contributed by atoms with E-state index in [1.165, 1.54) is 6.20 Å². The lowest BCUT2D eigenvalue weighted by Gasteiger charge is -2.07. The maximum atomic E-state index is 12.0. The van der Waals surface area contributed by atoms with Gasteiger partial charge < -0.3 is 11.1 Å². The molecule has 0 aliphatic heterocycles. The lowest BCUT2D eigenvalue weighted by atomic mass is 10.2. The van der Waals surface area contributed by atoms with E-state index in [1.807, 2.05) is 12.1 Å². The first-order valence-corrected chi connectivity index (χ1v) is 6.68. The van der Waals surface area contributed by atoms with Gasteiger partial charge in [0.2, 0.25) is 0 Å². The predicted octanol–water partition coefficient (Wildman–Crippen LogP) is 3.21. The normalized spacial score (nSPS) is 10.3. The number of nitrogens with one attached hydrogen (secondary N) is 1. The van der Waals surface area contributed by atoms with Crippen LogP contribution in [-0.2, 0) is 6.54 Å². The summed E-state index contributed by atoms with van der Waals surface area (Å²) in [6, 6.07) is 8.66. The van der Waals surface area contributed by atoms with E-state index >= 15 is 0 Å². The van der Waals surface area contributed by atoms with E-state index in [-0.39, 0.29) is 5.91 Å². The van der Waals surface area contributed by atoms with Crippen LogP contribution in [0.4, 0.5) is 5.69 Å². The maximum absolute atomic E-state index is 12.0. The third-order valence-electron chi connectivity index (χ3n) is 2.52. The van der Waals surface area contributed by atoms with Crippen LogP contribution in [0.25, 0.3) is 0 Å². The van der Waals surface area contributed by atoms with E-state index in [2.05, 4.69) is 26.2 Å². The molecule has 1 aromatic carbocycles. The van der Waals surface area contributed by atoms with E-state index in [1.54, 1.807) is 18.2 Å². The number of nitrogens with zero attached hydrogens (tertiary/aromatic N) is 1. The van der Waals surface area contributed by atoms with Gasteiger partial charge in [-0.05, 0) is 29.8 Å². The highest BCUT2D eigenvalue weighted by atomic mass is 79.9. The average molecular weight is 341 g/mol. The number of anilines is 1. The van der Waals surface area contributed by atoms with Gasteiger partial charge in [-0.2, -0.15) is 0 Å². The number of aromatic nitrogens is 1. The molecule has 0 aliphatic carbocycles. The molecule has 0 bridgehead atoms. The molecule has 0 spiro atoms. The van der Waals surface area contributed by atoms with Crippen molar-refractivity contribution in [2.75, 3.05) is 5.32 Å². The minimum absolute atomic E-state index is 0.239. The smallest absolute Gasteiger partial charge is 0.257 e. The van der Waals surface area contributed by atoms with Crippen LogP contribution in [0.2, 0.25) is 5.15 Å². The molecule has 4 nitrogen and oxygen atoms in total. The van der Waals surface area contributed by atoms with Gasteiger partial charge in [0.15, 0.2) is 0 Å². The Balaban J connectivity index is 2.14. The molecule has 2 aromatic rings. The molecular weight excluding hydrogens is 330 g/mol. The first-order chi connectivity index (χ1) is 9.10. The summed E-state index contributed by atoms with van der Waals surface area (Å²) in [5, 5.41) is 3.13. The number of pyridine rings is 1. The van der Waals surface area contributed by atoms with Crippen molar-refractivity contribution >= 4 is 39.1 Å². The Labute approximate surface area is 124 Å². The topological polar surface area (TPSA) is 68.0 Å². The molecule has 0 fully saturated rings. The number of hydrogen-bond donors (Lipinski definition) is 2. The Morgan fingerprint density at radius 1 is 1.37 bits per heavy atom. The second-order valence-electron chi connectivity index (χ2n) is 3.83. The van der Waals surface area contributed by atoms with Crippen LogP contribution in [-0.4, -0.2) is 10.9 Å². The zero-order valence-electron chi connectivity index (χ0n) is 9.86. The fourth-order valence-corrected chi connectivity index (χ4v) is 2.16. The maximum Gasteiger partial charge on any atom is 0.257 e. The molecule has 1 heterocycles. The number of hydrogen-bond acceptors (Lipinski definition) is 3. The molecule has 6 heteroatoms. The van der Waals surface area contributed by atoms with Crippen LogP contribution in [0, 0.1) is 0 Å². The largest absolute Gasteiger partial charge is 0.326 e. The van der Waals surface area contributed by atoms with E-state index < -0.39 is 0 Å². The van der Waals surface area contributed by atoms with Crippen molar-refractivity contribution in [3.05, 3.63) is 57.3 Å². The summed E-state index contributed by atoms with van der Waals surface area (Å²) in [5.74, 6) is -0.239. The molecule has 1 amide bonds. The number of rotatable bonds is 3. The van der Waals surface area contributed by atoms with Crippen molar-refractivity contribution in [1.29, 1.82) is 0 Å². The minimum Gasteiger partial charge on any atom is -0.326 e. The Morgan fingerprint density at radius 3 is 2.74 bits per heavy atom. The Hall–Kier alpha value is -1.43. The van der Waals surface area contributed by atoms with Crippen LogP contribution in [0.3, 0.4) is 0 Å². The Bertz CT molecular complexity index is 601. The number of nitrogens with two attached hydrogens (primary N) is 1. The average Bonchev–Trinajstić information content (AvgIpc) is 2.39. The van der Waals surface area contributed by atoms with E-state index in [9.17, 15) is 4.79 Å². The standard InChI is InChI=1S/C13H11BrClN3O/c14-11-5-10(3-1-8(11)6-16)18-13(19)9-2-4-12(15)17-7-9/h1-5,7H,6,16H2,(H,18,19). The second-order valence-corrected chi connectivity index (χ2v) is 5.08. The van der Waals surface area contributed by atoms with Gasteiger partial charge in [-0.1, -0.05) is 33.6 Å². The SMILES string of the molecule is NCc1ccc(NC(=O)c2ccc(Cl)nc2)cc1Br. The van der Waals surface area contributed by atoms with Crippen LogP contribution in [0.5, 0.6) is 0 Å². The van der Waals surface area contributed by atoms with Crippen molar-refractivity contribution in [2.45, 2.75) is 6.54 Å². The Kier molecular flexibility index (Phi) is 4.52. The molecule has 0 aliphatic rings. The highest BCUT2D eigenvalue weighted by Gasteiger charge is 2.07. The number of amides is 1. The summed E-state index contributed by atoms with van der Waals surface area (Å²) in [4.78, 5) is 15.8. The summed E-state index contributed by atoms with van der Waals surface area (Å²) in [6.45, 7) is 0.440. The van der Waals surface area contributed by atoms with Gasteiger partial charge in [0.25, 0.3) is 5.91 Å². The molecule has 0 saturated heterocycles. The van der Waals surface area contributed by atoms with Gasteiger partial charge in [0.05, 0.1) is 5.56 Å².